The number of aryl methyl sites for hydroxylation is 1. The molecule has 0 saturated carbocycles. The molecule has 4 N–H and O–H groups in total. The number of halogens is 1. The summed E-state index contributed by atoms with van der Waals surface area (Å²) in [7, 11) is 0. The van der Waals surface area contributed by atoms with Gasteiger partial charge in [0, 0.05) is 0 Å². The number of quaternary nitrogens is 1. The fourth-order valence-electron chi connectivity index (χ4n) is 1.19. The number of anilines is 1. The summed E-state index contributed by atoms with van der Waals surface area (Å²) in [4.78, 5) is 4.90. The van der Waals surface area contributed by atoms with Crippen LogP contribution >= 0.6 is 0 Å². The second-order valence-electron chi connectivity index (χ2n) is 2.79. The van der Waals surface area contributed by atoms with Crippen LogP contribution in [0.5, 0.6) is 0 Å². The van der Waals surface area contributed by atoms with Crippen LogP contribution in [0.2, 0.25) is 0 Å². The van der Waals surface area contributed by atoms with Crippen LogP contribution in [0, 0.1) is 6.92 Å². The lowest BCUT2D eigenvalue weighted by atomic mass is 10.2. The average molecular weight is 215 g/mol. The van der Waals surface area contributed by atoms with Crippen LogP contribution in [-0.2, 0) is 4.84 Å². The van der Waals surface area contributed by atoms with Gasteiger partial charge in [-0.2, -0.15) is 0 Å². The van der Waals surface area contributed by atoms with Crippen LogP contribution in [0.4, 0.5) is 5.69 Å². The molecule has 2 rings (SSSR count). The van der Waals surface area contributed by atoms with Crippen molar-refractivity contribution in [3.05, 3.63) is 29.8 Å². The van der Waals surface area contributed by atoms with Gasteiger partial charge < -0.3 is 18.1 Å². The minimum absolute atomic E-state index is 0. The van der Waals surface area contributed by atoms with E-state index in [0.29, 0.717) is 0 Å². The fourth-order valence-corrected chi connectivity index (χ4v) is 1.19. The molecule has 0 radical (unpaired) electrons. The van der Waals surface area contributed by atoms with Crippen molar-refractivity contribution in [2.45, 2.75) is 6.92 Å². The van der Waals surface area contributed by atoms with E-state index in [4.69, 9.17) is 10.6 Å². The van der Waals surface area contributed by atoms with Crippen molar-refractivity contribution in [1.82, 2.24) is 0 Å². The molecule has 0 fully saturated rings. The summed E-state index contributed by atoms with van der Waals surface area (Å²) in [6.45, 7) is 2.01. The molecule has 76 valence electrons. The zero-order chi connectivity index (χ0) is 9.26. The molecule has 1 aromatic carbocycles. The molecule has 0 saturated heterocycles. The van der Waals surface area contributed by atoms with E-state index in [2.05, 4.69) is 5.10 Å². The normalized spacial score (nSPS) is 14.4. The molecular formula is C8H11ClN4O. The summed E-state index contributed by atoms with van der Waals surface area (Å²) in [6, 6.07) is 8.05. The van der Waals surface area contributed by atoms with Gasteiger partial charge in [0.25, 0.3) is 0 Å². The van der Waals surface area contributed by atoms with Crippen molar-refractivity contribution >= 4 is 11.7 Å². The van der Waals surface area contributed by atoms with Crippen molar-refractivity contribution in [3.63, 3.8) is 0 Å². The van der Waals surface area contributed by atoms with Crippen LogP contribution in [0.25, 0.3) is 0 Å². The molecule has 6 heteroatoms. The molecule has 1 heterocycles. The van der Waals surface area contributed by atoms with Gasteiger partial charge in [-0.3, -0.25) is 0 Å². The summed E-state index contributed by atoms with van der Waals surface area (Å²) < 4.78 is 0. The molecule has 0 bridgehead atoms. The highest BCUT2D eigenvalue weighted by atomic mass is 35.5. The van der Waals surface area contributed by atoms with E-state index in [1.54, 1.807) is 5.12 Å². The van der Waals surface area contributed by atoms with Gasteiger partial charge in [-0.05, 0) is 24.1 Å². The van der Waals surface area contributed by atoms with E-state index < -0.39 is 0 Å². The van der Waals surface area contributed by atoms with E-state index in [9.17, 15) is 0 Å². The number of nitrogens with zero attached hydrogens (tertiary/aromatic N) is 2. The maximum Gasteiger partial charge on any atom is 0.374 e. The maximum absolute atomic E-state index is 5.37. The van der Waals surface area contributed by atoms with Gasteiger partial charge >= 0.3 is 6.02 Å². The summed E-state index contributed by atoms with van der Waals surface area (Å²) in [5, 5.41) is 5.59. The molecule has 1 aliphatic rings. The number of para-hydroxylation sites is 1. The molecule has 0 spiro atoms. The Labute approximate surface area is 87.9 Å². The molecule has 14 heavy (non-hydrogen) atoms. The number of amidine groups is 1. The molecule has 0 unspecified atom stereocenters. The minimum atomic E-state index is 0. The van der Waals surface area contributed by atoms with Crippen LogP contribution in [0.3, 0.4) is 0 Å². The van der Waals surface area contributed by atoms with Crippen LogP contribution in [-0.4, -0.2) is 6.02 Å². The monoisotopic (exact) mass is 214 g/mol. The Morgan fingerprint density at radius 3 is 2.71 bits per heavy atom. The first kappa shape index (κ1) is 10.6. The fraction of sp³-hybridized carbons (Fsp3) is 0.125. The van der Waals surface area contributed by atoms with Crippen molar-refractivity contribution in [1.29, 1.82) is 0 Å². The molecule has 0 atom stereocenters. The number of hydrogen-bond donors (Lipinski definition) is 2. The Balaban J connectivity index is 0.000000980. The molecule has 1 aliphatic heterocycles. The van der Waals surface area contributed by atoms with Gasteiger partial charge in [0.1, 0.15) is 5.69 Å². The number of nitrogens with two attached hydrogens (primary N) is 2. The maximum atomic E-state index is 5.37. The SMILES string of the molecule is Cc1ccccc1N1N=C(N)O[NH2+]1.[Cl-]. The van der Waals surface area contributed by atoms with Crippen LogP contribution < -0.4 is 28.8 Å². The lowest BCUT2D eigenvalue weighted by Crippen LogP contribution is -3.00. The Kier molecular flexibility index (Phi) is 3.16. The predicted molar refractivity (Wildman–Crippen MR) is 48.3 cm³/mol. The van der Waals surface area contributed by atoms with Gasteiger partial charge in [0.15, 0.2) is 0 Å². The Morgan fingerprint density at radius 1 is 1.43 bits per heavy atom. The van der Waals surface area contributed by atoms with E-state index >= 15 is 0 Å². The third-order valence-corrected chi connectivity index (χ3v) is 1.84. The van der Waals surface area contributed by atoms with Gasteiger partial charge in [-0.15, -0.1) is 0 Å². The first-order chi connectivity index (χ1) is 6.27. The molecular weight excluding hydrogens is 204 g/mol. The zero-order valence-electron chi connectivity index (χ0n) is 7.64. The van der Waals surface area contributed by atoms with E-state index in [0.717, 1.165) is 11.3 Å². The summed E-state index contributed by atoms with van der Waals surface area (Å²) in [5.74, 6) is 0. The van der Waals surface area contributed by atoms with Crippen molar-refractivity contribution in [2.24, 2.45) is 10.8 Å². The highest BCUT2D eigenvalue weighted by molar-refractivity contribution is 5.72. The molecule has 0 aliphatic carbocycles. The third kappa shape index (κ3) is 1.89. The van der Waals surface area contributed by atoms with Crippen molar-refractivity contribution < 1.29 is 22.8 Å². The smallest absolute Gasteiger partial charge is 0.374 e. The van der Waals surface area contributed by atoms with Gasteiger partial charge in [-0.25, -0.2) is 4.84 Å². The topological polar surface area (TPSA) is 67.5 Å². The van der Waals surface area contributed by atoms with Crippen molar-refractivity contribution in [2.75, 3.05) is 5.12 Å². The number of benzene rings is 1. The van der Waals surface area contributed by atoms with E-state index in [1.165, 1.54) is 5.59 Å². The Morgan fingerprint density at radius 2 is 2.14 bits per heavy atom. The molecule has 0 amide bonds. The minimum Gasteiger partial charge on any atom is -1.00 e. The number of hydrazone groups is 1. The second kappa shape index (κ2) is 4.17. The summed E-state index contributed by atoms with van der Waals surface area (Å²) in [5.41, 5.74) is 8.95. The van der Waals surface area contributed by atoms with Gasteiger partial charge in [0.2, 0.25) is 0 Å². The predicted octanol–water partition coefficient (Wildman–Crippen LogP) is -3.54. The first-order valence-corrected chi connectivity index (χ1v) is 3.96. The highest BCUT2D eigenvalue weighted by Crippen LogP contribution is 2.16. The van der Waals surface area contributed by atoms with E-state index in [-0.39, 0.29) is 18.4 Å². The first-order valence-electron chi connectivity index (χ1n) is 3.96. The van der Waals surface area contributed by atoms with E-state index in [1.807, 2.05) is 31.2 Å². The summed E-state index contributed by atoms with van der Waals surface area (Å²) in [6.07, 6.45) is 0. The van der Waals surface area contributed by atoms with Crippen LogP contribution in [0.15, 0.2) is 29.4 Å². The average Bonchev–Trinajstić information content (AvgIpc) is 2.53. The quantitative estimate of drug-likeness (QED) is 0.476. The molecule has 5 nitrogen and oxygen atoms in total. The lowest BCUT2D eigenvalue weighted by molar-refractivity contribution is -0.868. The van der Waals surface area contributed by atoms with Gasteiger partial charge in [-0.1, -0.05) is 28.4 Å². The third-order valence-electron chi connectivity index (χ3n) is 1.84. The Bertz CT molecular complexity index is 355. The lowest BCUT2D eigenvalue weighted by Gasteiger charge is -2.08. The van der Waals surface area contributed by atoms with Gasteiger partial charge in [0.05, 0.1) is 0 Å². The highest BCUT2D eigenvalue weighted by Gasteiger charge is 2.19. The molecule has 1 aromatic rings. The second-order valence-corrected chi connectivity index (χ2v) is 2.79. The summed E-state index contributed by atoms with van der Waals surface area (Å²) >= 11 is 0. The number of rotatable bonds is 1. The molecule has 0 aromatic heterocycles. The number of hydrogen-bond acceptors (Lipinski definition) is 4. The zero-order valence-corrected chi connectivity index (χ0v) is 8.40. The standard InChI is InChI=1S/C8H10N4O.ClH/c1-6-4-2-3-5-7(6)12-10-8(9)13-11-12;/h2-5,11H,1H3,(H2,9,10);1H. The van der Waals surface area contributed by atoms with Crippen molar-refractivity contribution in [3.8, 4) is 0 Å². The Hall–Kier alpha value is -1.46. The largest absolute Gasteiger partial charge is 1.00 e. The van der Waals surface area contributed by atoms with Crippen LogP contribution in [0.1, 0.15) is 5.56 Å².